The highest BCUT2D eigenvalue weighted by Gasteiger charge is 2.22. The summed E-state index contributed by atoms with van der Waals surface area (Å²) in [5, 5.41) is 3.61. The van der Waals surface area contributed by atoms with Crippen LogP contribution in [0.15, 0.2) is 30.3 Å². The Kier molecular flexibility index (Phi) is 4.84. The molecule has 1 amide bonds. The van der Waals surface area contributed by atoms with E-state index in [-0.39, 0.29) is 5.91 Å². The fourth-order valence-corrected chi connectivity index (χ4v) is 4.07. The molecule has 0 atom stereocenters. The second-order valence-electron chi connectivity index (χ2n) is 7.81. The highest BCUT2D eigenvalue weighted by molar-refractivity contribution is 5.99. The van der Waals surface area contributed by atoms with Gasteiger partial charge in [-0.2, -0.15) is 0 Å². The summed E-state index contributed by atoms with van der Waals surface area (Å²) in [7, 11) is 2.03. The summed E-state index contributed by atoms with van der Waals surface area (Å²) < 4.78 is 2.09. The predicted octanol–water partition coefficient (Wildman–Crippen LogP) is 4.63. The lowest BCUT2D eigenvalue weighted by Gasteiger charge is -2.27. The number of hydrogen-bond acceptors (Lipinski definition) is 3. The monoisotopic (exact) mass is 376 g/mol. The topological polar surface area (TPSA) is 50.2 Å². The molecule has 0 aliphatic carbocycles. The Hall–Kier alpha value is -2.82. The first-order valence-corrected chi connectivity index (χ1v) is 10.0. The fourth-order valence-electron chi connectivity index (χ4n) is 4.07. The molecule has 1 saturated heterocycles. The minimum atomic E-state index is 0.213. The maximum absolute atomic E-state index is 12.5. The molecular formula is C23H28N4O. The summed E-state index contributed by atoms with van der Waals surface area (Å²) in [6, 6.07) is 10.6. The molecule has 2 aromatic carbocycles. The van der Waals surface area contributed by atoms with E-state index in [2.05, 4.69) is 54.1 Å². The number of aryl methyl sites for hydroxylation is 4. The molecule has 4 rings (SSSR count). The van der Waals surface area contributed by atoms with Crippen molar-refractivity contribution in [2.24, 2.45) is 7.05 Å². The minimum absolute atomic E-state index is 0.213. The molecule has 5 heteroatoms. The fraction of sp³-hybridized carbons (Fsp3) is 0.391. The second-order valence-corrected chi connectivity index (χ2v) is 7.81. The summed E-state index contributed by atoms with van der Waals surface area (Å²) in [6.07, 6.45) is 2.67. The summed E-state index contributed by atoms with van der Waals surface area (Å²) in [5.74, 6) is 1.18. The van der Waals surface area contributed by atoms with E-state index < -0.39 is 0 Å². The molecule has 28 heavy (non-hydrogen) atoms. The van der Waals surface area contributed by atoms with Gasteiger partial charge >= 0.3 is 0 Å². The van der Waals surface area contributed by atoms with Gasteiger partial charge in [0.2, 0.25) is 5.91 Å². The van der Waals surface area contributed by atoms with Crippen LogP contribution in [0.25, 0.3) is 11.0 Å². The first-order chi connectivity index (χ1) is 13.5. The van der Waals surface area contributed by atoms with Crippen LogP contribution in [0.2, 0.25) is 0 Å². The van der Waals surface area contributed by atoms with Crippen molar-refractivity contribution in [1.82, 2.24) is 9.55 Å². The zero-order valence-electron chi connectivity index (χ0n) is 17.2. The highest BCUT2D eigenvalue weighted by atomic mass is 16.2. The van der Waals surface area contributed by atoms with E-state index in [1.807, 2.05) is 18.9 Å². The van der Waals surface area contributed by atoms with Crippen LogP contribution in [0.3, 0.4) is 0 Å². The van der Waals surface area contributed by atoms with Crippen LogP contribution in [0.4, 0.5) is 11.4 Å². The number of carbonyl (C=O) groups is 1. The van der Waals surface area contributed by atoms with Crippen LogP contribution in [0.5, 0.6) is 0 Å². The van der Waals surface area contributed by atoms with E-state index in [0.29, 0.717) is 6.42 Å². The molecule has 0 radical (unpaired) electrons. The van der Waals surface area contributed by atoms with Crippen molar-refractivity contribution in [3.8, 4) is 0 Å². The maximum Gasteiger partial charge on any atom is 0.226 e. The third-order valence-electron chi connectivity index (χ3n) is 5.93. The van der Waals surface area contributed by atoms with Crippen molar-refractivity contribution in [2.75, 3.05) is 16.8 Å². The number of benzene rings is 2. The van der Waals surface area contributed by atoms with E-state index in [1.165, 1.54) is 16.7 Å². The summed E-state index contributed by atoms with van der Waals surface area (Å²) in [5.41, 5.74) is 7.83. The molecule has 5 nitrogen and oxygen atoms in total. The van der Waals surface area contributed by atoms with E-state index in [4.69, 9.17) is 4.98 Å². The molecule has 0 spiro atoms. The molecule has 1 aromatic heterocycles. The van der Waals surface area contributed by atoms with Crippen molar-refractivity contribution < 1.29 is 4.79 Å². The Balaban J connectivity index is 1.75. The summed E-state index contributed by atoms with van der Waals surface area (Å²) in [6.45, 7) is 7.83. The van der Waals surface area contributed by atoms with Crippen LogP contribution in [0, 0.1) is 20.8 Å². The number of carbonyl (C=O) groups excluding carboxylic acids is 1. The van der Waals surface area contributed by atoms with Gasteiger partial charge in [0, 0.05) is 32.2 Å². The van der Waals surface area contributed by atoms with Gasteiger partial charge in [0.15, 0.2) is 0 Å². The van der Waals surface area contributed by atoms with Crippen molar-refractivity contribution >= 4 is 28.3 Å². The van der Waals surface area contributed by atoms with E-state index >= 15 is 0 Å². The Morgan fingerprint density at radius 3 is 2.57 bits per heavy atom. The van der Waals surface area contributed by atoms with Crippen LogP contribution < -0.4 is 10.2 Å². The quantitative estimate of drug-likeness (QED) is 0.722. The van der Waals surface area contributed by atoms with Gasteiger partial charge in [0.25, 0.3) is 0 Å². The first-order valence-electron chi connectivity index (χ1n) is 10.0. The Morgan fingerprint density at radius 1 is 1.11 bits per heavy atom. The third kappa shape index (κ3) is 3.26. The first kappa shape index (κ1) is 18.5. The van der Waals surface area contributed by atoms with Crippen LogP contribution >= 0.6 is 0 Å². The lowest BCUT2D eigenvalue weighted by atomic mass is 10.0. The molecular weight excluding hydrogens is 348 g/mol. The average Bonchev–Trinajstić information content (AvgIpc) is 2.96. The third-order valence-corrected chi connectivity index (χ3v) is 5.93. The standard InChI is InChI=1S/C23H28N4O/c1-15-8-7-9-16(2)19(15)14-24-20-12-18(27-11-6-5-10-22(27)28)13-21-23(20)25-17(3)26(21)4/h7-9,12-13,24H,5-6,10-11,14H2,1-4H3. The number of nitrogens with one attached hydrogen (secondary N) is 1. The normalized spacial score (nSPS) is 14.7. The van der Waals surface area contributed by atoms with Gasteiger partial charge in [-0.15, -0.1) is 0 Å². The molecule has 1 aliphatic heterocycles. The number of hydrogen-bond donors (Lipinski definition) is 1. The van der Waals surface area contributed by atoms with Gasteiger partial charge in [-0.1, -0.05) is 18.2 Å². The second kappa shape index (κ2) is 7.30. The van der Waals surface area contributed by atoms with Gasteiger partial charge in [-0.3, -0.25) is 4.79 Å². The van der Waals surface area contributed by atoms with Gasteiger partial charge in [0.05, 0.1) is 11.2 Å². The number of rotatable bonds is 4. The molecule has 1 N–H and O–H groups in total. The summed E-state index contributed by atoms with van der Waals surface area (Å²) >= 11 is 0. The van der Waals surface area contributed by atoms with E-state index in [9.17, 15) is 4.79 Å². The number of fused-ring (bicyclic) bond motifs is 1. The molecule has 0 unspecified atom stereocenters. The number of anilines is 2. The largest absolute Gasteiger partial charge is 0.379 e. The number of amides is 1. The molecule has 0 bridgehead atoms. The molecule has 146 valence electrons. The lowest BCUT2D eigenvalue weighted by molar-refractivity contribution is -0.119. The van der Waals surface area contributed by atoms with Crippen molar-refractivity contribution in [3.63, 3.8) is 0 Å². The lowest BCUT2D eigenvalue weighted by Crippen LogP contribution is -2.35. The molecule has 3 aromatic rings. The van der Waals surface area contributed by atoms with E-state index in [1.54, 1.807) is 0 Å². The zero-order valence-corrected chi connectivity index (χ0v) is 17.2. The Bertz CT molecular complexity index is 1030. The van der Waals surface area contributed by atoms with Crippen LogP contribution in [-0.2, 0) is 18.4 Å². The van der Waals surface area contributed by atoms with Crippen molar-refractivity contribution in [3.05, 3.63) is 52.8 Å². The molecule has 0 saturated carbocycles. The predicted molar refractivity (Wildman–Crippen MR) is 115 cm³/mol. The van der Waals surface area contributed by atoms with Crippen molar-refractivity contribution in [1.29, 1.82) is 0 Å². The molecule has 1 fully saturated rings. The number of nitrogens with zero attached hydrogens (tertiary/aromatic N) is 3. The summed E-state index contributed by atoms with van der Waals surface area (Å²) in [4.78, 5) is 19.2. The number of aromatic nitrogens is 2. The van der Waals surface area contributed by atoms with Gasteiger partial charge < -0.3 is 14.8 Å². The van der Waals surface area contributed by atoms with Gasteiger partial charge in [0.1, 0.15) is 11.3 Å². The molecule has 1 aliphatic rings. The zero-order chi connectivity index (χ0) is 19.8. The minimum Gasteiger partial charge on any atom is -0.379 e. The average molecular weight is 377 g/mol. The van der Waals surface area contributed by atoms with E-state index in [0.717, 1.165) is 54.2 Å². The van der Waals surface area contributed by atoms with Gasteiger partial charge in [-0.05, 0) is 62.4 Å². The highest BCUT2D eigenvalue weighted by Crippen LogP contribution is 2.32. The van der Waals surface area contributed by atoms with Crippen molar-refractivity contribution in [2.45, 2.75) is 46.6 Å². The number of piperidine rings is 1. The van der Waals surface area contributed by atoms with Crippen LogP contribution in [-0.4, -0.2) is 22.0 Å². The SMILES string of the molecule is Cc1cccc(C)c1CNc1cc(N2CCCCC2=O)cc2c1nc(C)n2C. The Morgan fingerprint density at radius 2 is 1.86 bits per heavy atom. The maximum atomic E-state index is 12.5. The van der Waals surface area contributed by atoms with Gasteiger partial charge in [-0.25, -0.2) is 4.98 Å². The Labute approximate surface area is 166 Å². The molecule has 2 heterocycles. The van der Waals surface area contributed by atoms with Crippen LogP contribution in [0.1, 0.15) is 41.8 Å². The number of imidazole rings is 1. The smallest absolute Gasteiger partial charge is 0.226 e.